The largest absolute Gasteiger partial charge is 0.394 e. The van der Waals surface area contributed by atoms with Gasteiger partial charge in [-0.3, -0.25) is 0 Å². The van der Waals surface area contributed by atoms with Crippen molar-refractivity contribution in [1.82, 2.24) is 0 Å². The van der Waals surface area contributed by atoms with E-state index >= 15 is 0 Å². The maximum atomic E-state index is 9.17. The van der Waals surface area contributed by atoms with Gasteiger partial charge >= 0.3 is 0 Å². The van der Waals surface area contributed by atoms with E-state index in [1.807, 2.05) is 6.08 Å². The fourth-order valence-corrected chi connectivity index (χ4v) is 2.73. The van der Waals surface area contributed by atoms with Crippen LogP contribution >= 0.6 is 0 Å². The third kappa shape index (κ3) is 17.7. The molecule has 1 unspecified atom stereocenters. The number of aliphatic hydroxyl groups excluding tert-OH is 2. The van der Waals surface area contributed by atoms with E-state index in [4.69, 9.17) is 5.11 Å². The minimum Gasteiger partial charge on any atom is -0.394 e. The van der Waals surface area contributed by atoms with Gasteiger partial charge in [0.2, 0.25) is 0 Å². The Kier molecular flexibility index (Phi) is 18.4. The molecule has 0 aromatic carbocycles. The highest BCUT2D eigenvalue weighted by Crippen LogP contribution is 2.13. The summed E-state index contributed by atoms with van der Waals surface area (Å²) in [6.07, 6.45) is 23.3. The highest BCUT2D eigenvalue weighted by Gasteiger charge is 1.96. The molecule has 0 saturated heterocycles. The van der Waals surface area contributed by atoms with Gasteiger partial charge in [-0.1, -0.05) is 96.1 Å². The number of aliphatic hydroxyl groups is 2. The van der Waals surface area contributed by atoms with E-state index in [0.717, 1.165) is 6.42 Å². The molecule has 0 spiro atoms. The average molecular weight is 313 g/mol. The van der Waals surface area contributed by atoms with E-state index in [9.17, 15) is 5.11 Å². The number of unbranched alkanes of at least 4 members (excludes halogenated alkanes) is 13. The molecule has 0 rings (SSSR count). The SMILES string of the molecule is CCCCCCCCCCCCCCCC=CCC(O)CO. The van der Waals surface area contributed by atoms with Crippen molar-refractivity contribution in [3.8, 4) is 0 Å². The summed E-state index contributed by atoms with van der Waals surface area (Å²) in [4.78, 5) is 0. The lowest BCUT2D eigenvalue weighted by atomic mass is 10.0. The second-order valence-electron chi connectivity index (χ2n) is 6.57. The maximum absolute atomic E-state index is 9.17. The number of hydrogen-bond acceptors (Lipinski definition) is 2. The summed E-state index contributed by atoms with van der Waals surface area (Å²) in [6, 6.07) is 0. The molecule has 0 radical (unpaired) electrons. The van der Waals surface area contributed by atoms with Crippen LogP contribution in [-0.2, 0) is 0 Å². The molecule has 0 saturated carbocycles. The minimum atomic E-state index is -0.581. The molecule has 1 atom stereocenters. The number of allylic oxidation sites excluding steroid dienone is 1. The lowest BCUT2D eigenvalue weighted by Gasteiger charge is -2.03. The zero-order chi connectivity index (χ0) is 16.3. The van der Waals surface area contributed by atoms with E-state index < -0.39 is 6.10 Å². The van der Waals surface area contributed by atoms with E-state index in [1.165, 1.54) is 83.5 Å². The molecule has 0 heterocycles. The first-order valence-electron chi connectivity index (χ1n) is 9.75. The van der Waals surface area contributed by atoms with E-state index in [2.05, 4.69) is 13.0 Å². The Balaban J connectivity index is 3.05. The molecule has 0 aliphatic carbocycles. The summed E-state index contributed by atoms with van der Waals surface area (Å²) in [5.74, 6) is 0. The van der Waals surface area contributed by atoms with Crippen molar-refractivity contribution in [2.24, 2.45) is 0 Å². The smallest absolute Gasteiger partial charge is 0.0805 e. The standard InChI is InChI=1S/C20H40O2/c1-2-3-4-5-6-7-8-9-10-11-12-13-14-15-16-17-18-20(22)19-21/h16-17,20-22H,2-15,18-19H2,1H3. The Labute approximate surface area is 139 Å². The fraction of sp³-hybridized carbons (Fsp3) is 0.900. The molecular weight excluding hydrogens is 272 g/mol. The van der Waals surface area contributed by atoms with E-state index in [0.29, 0.717) is 6.42 Å². The van der Waals surface area contributed by atoms with Crippen molar-refractivity contribution in [3.63, 3.8) is 0 Å². The van der Waals surface area contributed by atoms with Crippen LogP contribution in [0.5, 0.6) is 0 Å². The average Bonchev–Trinajstić information content (AvgIpc) is 2.54. The Hall–Kier alpha value is -0.340. The van der Waals surface area contributed by atoms with Gasteiger partial charge < -0.3 is 10.2 Å². The van der Waals surface area contributed by atoms with E-state index in [-0.39, 0.29) is 6.61 Å². The Bertz CT molecular complexity index is 226. The van der Waals surface area contributed by atoms with Crippen molar-refractivity contribution in [1.29, 1.82) is 0 Å². The zero-order valence-corrected chi connectivity index (χ0v) is 14.9. The third-order valence-corrected chi connectivity index (χ3v) is 4.26. The minimum absolute atomic E-state index is 0.136. The number of hydrogen-bond donors (Lipinski definition) is 2. The molecule has 0 amide bonds. The normalized spacial score (nSPS) is 13.0. The molecule has 0 aromatic heterocycles. The lowest BCUT2D eigenvalue weighted by molar-refractivity contribution is 0.0975. The van der Waals surface area contributed by atoms with Crippen LogP contribution in [-0.4, -0.2) is 22.9 Å². The van der Waals surface area contributed by atoms with Gasteiger partial charge in [-0.05, 0) is 19.3 Å². The van der Waals surface area contributed by atoms with Crippen molar-refractivity contribution in [3.05, 3.63) is 12.2 Å². The van der Waals surface area contributed by atoms with Crippen LogP contribution in [0.25, 0.3) is 0 Å². The third-order valence-electron chi connectivity index (χ3n) is 4.26. The van der Waals surface area contributed by atoms with Gasteiger partial charge in [-0.2, -0.15) is 0 Å². The zero-order valence-electron chi connectivity index (χ0n) is 14.9. The van der Waals surface area contributed by atoms with Crippen LogP contribution in [0.3, 0.4) is 0 Å². The van der Waals surface area contributed by atoms with Crippen molar-refractivity contribution in [2.45, 2.75) is 109 Å². The topological polar surface area (TPSA) is 40.5 Å². The van der Waals surface area contributed by atoms with Crippen LogP contribution < -0.4 is 0 Å². The second-order valence-corrected chi connectivity index (χ2v) is 6.57. The van der Waals surface area contributed by atoms with Crippen molar-refractivity contribution >= 4 is 0 Å². The monoisotopic (exact) mass is 312 g/mol. The highest BCUT2D eigenvalue weighted by molar-refractivity contribution is 4.83. The van der Waals surface area contributed by atoms with Crippen molar-refractivity contribution < 1.29 is 10.2 Å². The summed E-state index contributed by atoms with van der Waals surface area (Å²) < 4.78 is 0. The molecule has 0 aromatic rings. The molecule has 0 fully saturated rings. The predicted octanol–water partition coefficient (Wildman–Crippen LogP) is 5.77. The summed E-state index contributed by atoms with van der Waals surface area (Å²) in [5.41, 5.74) is 0. The molecular formula is C20H40O2. The molecule has 132 valence electrons. The lowest BCUT2D eigenvalue weighted by Crippen LogP contribution is -2.09. The second kappa shape index (κ2) is 18.7. The van der Waals surface area contributed by atoms with Gasteiger partial charge in [-0.25, -0.2) is 0 Å². The Morgan fingerprint density at radius 1 is 0.682 bits per heavy atom. The molecule has 2 nitrogen and oxygen atoms in total. The molecule has 0 aliphatic rings. The fourth-order valence-electron chi connectivity index (χ4n) is 2.73. The molecule has 2 heteroatoms. The Morgan fingerprint density at radius 2 is 1.14 bits per heavy atom. The van der Waals surface area contributed by atoms with Crippen molar-refractivity contribution in [2.75, 3.05) is 6.61 Å². The van der Waals surface area contributed by atoms with Gasteiger partial charge in [0.25, 0.3) is 0 Å². The summed E-state index contributed by atoms with van der Waals surface area (Å²) in [6.45, 7) is 2.14. The molecule has 0 bridgehead atoms. The first kappa shape index (κ1) is 21.7. The number of rotatable bonds is 17. The van der Waals surface area contributed by atoms with Crippen LogP contribution in [0, 0.1) is 0 Å². The predicted molar refractivity (Wildman–Crippen MR) is 97.2 cm³/mol. The Morgan fingerprint density at radius 3 is 1.59 bits per heavy atom. The van der Waals surface area contributed by atoms with Gasteiger partial charge in [-0.15, -0.1) is 0 Å². The van der Waals surface area contributed by atoms with Gasteiger partial charge in [0.15, 0.2) is 0 Å². The highest BCUT2D eigenvalue weighted by atomic mass is 16.3. The van der Waals surface area contributed by atoms with Gasteiger partial charge in [0.05, 0.1) is 12.7 Å². The van der Waals surface area contributed by atoms with Gasteiger partial charge in [0.1, 0.15) is 0 Å². The summed E-state index contributed by atoms with van der Waals surface area (Å²) >= 11 is 0. The maximum Gasteiger partial charge on any atom is 0.0805 e. The van der Waals surface area contributed by atoms with Crippen LogP contribution in [0.1, 0.15) is 103 Å². The molecule has 2 N–H and O–H groups in total. The molecule has 0 aliphatic heterocycles. The van der Waals surface area contributed by atoms with Crippen LogP contribution in [0.2, 0.25) is 0 Å². The molecule has 22 heavy (non-hydrogen) atoms. The summed E-state index contributed by atoms with van der Waals surface area (Å²) in [5, 5.41) is 17.8. The first-order chi connectivity index (χ1) is 10.8. The first-order valence-corrected chi connectivity index (χ1v) is 9.75. The van der Waals surface area contributed by atoms with Crippen LogP contribution in [0.15, 0.2) is 12.2 Å². The van der Waals surface area contributed by atoms with Gasteiger partial charge in [0, 0.05) is 0 Å². The summed E-state index contributed by atoms with van der Waals surface area (Å²) in [7, 11) is 0. The van der Waals surface area contributed by atoms with Crippen LogP contribution in [0.4, 0.5) is 0 Å². The van der Waals surface area contributed by atoms with E-state index in [1.54, 1.807) is 0 Å². The quantitative estimate of drug-likeness (QED) is 0.264.